The molecule has 0 aliphatic heterocycles. The van der Waals surface area contributed by atoms with Crippen molar-refractivity contribution in [1.82, 2.24) is 5.32 Å². The van der Waals surface area contributed by atoms with Gasteiger partial charge in [-0.15, -0.1) is 0 Å². The number of rotatable bonds is 10. The molecule has 35 heavy (non-hydrogen) atoms. The SMILES string of the molecule is COc1ccc(OC)c(N(CC(=O)Nc2ccccc2C(=O)NCc2ccccc2)S(C)(=O)=O)c1. The van der Waals surface area contributed by atoms with E-state index in [1.165, 1.54) is 20.3 Å². The minimum absolute atomic E-state index is 0.151. The number of para-hydroxylation sites is 1. The lowest BCUT2D eigenvalue weighted by molar-refractivity contribution is -0.114. The molecule has 3 aromatic rings. The van der Waals surface area contributed by atoms with Gasteiger partial charge in [-0.3, -0.25) is 13.9 Å². The summed E-state index contributed by atoms with van der Waals surface area (Å²) in [7, 11) is -1.02. The van der Waals surface area contributed by atoms with Gasteiger partial charge in [-0.1, -0.05) is 42.5 Å². The second kappa shape index (κ2) is 11.4. The minimum Gasteiger partial charge on any atom is -0.497 e. The Bertz CT molecular complexity index is 1300. The maximum atomic E-state index is 12.9. The van der Waals surface area contributed by atoms with E-state index in [0.717, 1.165) is 16.1 Å². The Labute approximate surface area is 204 Å². The van der Waals surface area contributed by atoms with Crippen LogP contribution in [0.25, 0.3) is 0 Å². The van der Waals surface area contributed by atoms with E-state index in [4.69, 9.17) is 9.47 Å². The van der Waals surface area contributed by atoms with E-state index >= 15 is 0 Å². The van der Waals surface area contributed by atoms with E-state index in [0.29, 0.717) is 12.3 Å². The monoisotopic (exact) mass is 497 g/mol. The Morgan fingerprint density at radius 1 is 0.914 bits per heavy atom. The first-order chi connectivity index (χ1) is 16.7. The maximum absolute atomic E-state index is 12.9. The average Bonchev–Trinajstić information content (AvgIpc) is 2.85. The molecule has 2 N–H and O–H groups in total. The summed E-state index contributed by atoms with van der Waals surface area (Å²) in [5, 5.41) is 5.47. The van der Waals surface area contributed by atoms with E-state index in [9.17, 15) is 18.0 Å². The van der Waals surface area contributed by atoms with Crippen LogP contribution in [0.3, 0.4) is 0 Å². The Morgan fingerprint density at radius 3 is 2.26 bits per heavy atom. The van der Waals surface area contributed by atoms with Crippen LogP contribution in [0.2, 0.25) is 0 Å². The van der Waals surface area contributed by atoms with Gasteiger partial charge in [-0.05, 0) is 29.8 Å². The zero-order valence-corrected chi connectivity index (χ0v) is 20.5. The molecule has 0 aliphatic rings. The van der Waals surface area contributed by atoms with Gasteiger partial charge >= 0.3 is 0 Å². The lowest BCUT2D eigenvalue weighted by Crippen LogP contribution is -2.38. The molecule has 0 spiro atoms. The number of carbonyl (C=O) groups excluding carboxylic acids is 2. The lowest BCUT2D eigenvalue weighted by atomic mass is 10.1. The summed E-state index contributed by atoms with van der Waals surface area (Å²) in [6, 6.07) is 20.6. The number of nitrogens with zero attached hydrogens (tertiary/aromatic N) is 1. The van der Waals surface area contributed by atoms with Crippen molar-refractivity contribution in [2.45, 2.75) is 6.54 Å². The molecule has 0 radical (unpaired) electrons. The van der Waals surface area contributed by atoms with Crippen LogP contribution in [0, 0.1) is 0 Å². The fourth-order valence-electron chi connectivity index (χ4n) is 3.36. The summed E-state index contributed by atoms with van der Waals surface area (Å²) in [6.07, 6.45) is 0.990. The van der Waals surface area contributed by atoms with Crippen LogP contribution in [0.4, 0.5) is 11.4 Å². The Balaban J connectivity index is 1.80. The molecule has 0 bridgehead atoms. The number of methoxy groups -OCH3 is 2. The van der Waals surface area contributed by atoms with Crippen molar-refractivity contribution in [3.8, 4) is 11.5 Å². The first-order valence-corrected chi connectivity index (χ1v) is 12.5. The predicted molar refractivity (Wildman–Crippen MR) is 134 cm³/mol. The molecule has 0 aromatic heterocycles. The molecule has 184 valence electrons. The summed E-state index contributed by atoms with van der Waals surface area (Å²) < 4.78 is 36.5. The van der Waals surface area contributed by atoms with Crippen molar-refractivity contribution in [3.05, 3.63) is 83.9 Å². The van der Waals surface area contributed by atoms with E-state index in [1.54, 1.807) is 36.4 Å². The van der Waals surface area contributed by atoms with Crippen LogP contribution >= 0.6 is 0 Å². The number of hydrogen-bond acceptors (Lipinski definition) is 6. The number of sulfonamides is 1. The van der Waals surface area contributed by atoms with E-state index < -0.39 is 22.5 Å². The van der Waals surface area contributed by atoms with Crippen LogP contribution < -0.4 is 24.4 Å². The topological polar surface area (TPSA) is 114 Å². The van der Waals surface area contributed by atoms with Crippen LogP contribution in [0.15, 0.2) is 72.8 Å². The second-order valence-corrected chi connectivity index (χ2v) is 9.48. The Hall–Kier alpha value is -4.05. The van der Waals surface area contributed by atoms with Gasteiger partial charge in [0.05, 0.1) is 37.4 Å². The zero-order valence-electron chi connectivity index (χ0n) is 19.6. The molecule has 0 unspecified atom stereocenters. The van der Waals surface area contributed by atoms with Gasteiger partial charge in [0.1, 0.15) is 18.0 Å². The minimum atomic E-state index is -3.87. The van der Waals surface area contributed by atoms with Crippen molar-refractivity contribution in [2.75, 3.05) is 36.6 Å². The van der Waals surface area contributed by atoms with Gasteiger partial charge < -0.3 is 20.1 Å². The van der Waals surface area contributed by atoms with Crippen LogP contribution in [-0.2, 0) is 21.4 Å². The zero-order chi connectivity index (χ0) is 25.4. The quantitative estimate of drug-likeness (QED) is 0.445. The van der Waals surface area contributed by atoms with Crippen molar-refractivity contribution >= 4 is 33.2 Å². The van der Waals surface area contributed by atoms with Crippen LogP contribution in [-0.4, -0.2) is 47.3 Å². The van der Waals surface area contributed by atoms with Gasteiger partial charge in [0.2, 0.25) is 15.9 Å². The summed E-state index contributed by atoms with van der Waals surface area (Å²) in [5.74, 6) is -0.359. The normalized spacial score (nSPS) is 10.8. The van der Waals surface area contributed by atoms with Crippen LogP contribution in [0.5, 0.6) is 11.5 Å². The Kier molecular flexibility index (Phi) is 8.32. The van der Waals surface area contributed by atoms with Crippen molar-refractivity contribution < 1.29 is 27.5 Å². The number of anilines is 2. The van der Waals surface area contributed by atoms with Crippen molar-refractivity contribution in [2.24, 2.45) is 0 Å². The number of carbonyl (C=O) groups is 2. The first kappa shape index (κ1) is 25.6. The van der Waals surface area contributed by atoms with Gasteiger partial charge in [0.25, 0.3) is 5.91 Å². The average molecular weight is 498 g/mol. The molecule has 10 heteroatoms. The van der Waals surface area contributed by atoms with E-state index in [2.05, 4.69) is 10.6 Å². The highest BCUT2D eigenvalue weighted by Gasteiger charge is 2.25. The van der Waals surface area contributed by atoms with Crippen molar-refractivity contribution in [1.29, 1.82) is 0 Å². The highest BCUT2D eigenvalue weighted by Crippen LogP contribution is 2.33. The standard InChI is InChI=1S/C25H27N3O6S/c1-33-19-13-14-23(34-2)22(15-19)28(35(3,31)32)17-24(29)27-21-12-8-7-11-20(21)25(30)26-16-18-9-5-4-6-10-18/h4-15H,16-17H2,1-3H3,(H,26,30)(H,27,29). The summed E-state index contributed by atoms with van der Waals surface area (Å²) in [4.78, 5) is 25.7. The molecule has 0 aliphatic carbocycles. The fourth-order valence-corrected chi connectivity index (χ4v) is 4.21. The number of nitrogens with one attached hydrogen (secondary N) is 2. The fraction of sp³-hybridized carbons (Fsp3) is 0.200. The van der Waals surface area contributed by atoms with Gasteiger partial charge in [-0.2, -0.15) is 0 Å². The molecule has 0 saturated heterocycles. The lowest BCUT2D eigenvalue weighted by Gasteiger charge is -2.24. The second-order valence-electron chi connectivity index (χ2n) is 7.57. The number of ether oxygens (including phenoxy) is 2. The summed E-state index contributed by atoms with van der Waals surface area (Å²) in [5.41, 5.74) is 1.59. The third kappa shape index (κ3) is 6.73. The highest BCUT2D eigenvalue weighted by atomic mass is 32.2. The maximum Gasteiger partial charge on any atom is 0.253 e. The third-order valence-corrected chi connectivity index (χ3v) is 6.21. The predicted octanol–water partition coefficient (Wildman–Crippen LogP) is 3.04. The molecule has 3 aromatic carbocycles. The molecular formula is C25H27N3O6S. The van der Waals surface area contributed by atoms with Gasteiger partial charge in [0.15, 0.2) is 0 Å². The molecule has 0 saturated carbocycles. The molecule has 9 nitrogen and oxygen atoms in total. The largest absolute Gasteiger partial charge is 0.497 e. The first-order valence-electron chi connectivity index (χ1n) is 10.6. The smallest absolute Gasteiger partial charge is 0.253 e. The molecule has 0 fully saturated rings. The highest BCUT2D eigenvalue weighted by molar-refractivity contribution is 7.92. The van der Waals surface area contributed by atoms with Crippen LogP contribution in [0.1, 0.15) is 15.9 Å². The molecule has 0 heterocycles. The van der Waals surface area contributed by atoms with Gasteiger partial charge in [0, 0.05) is 12.6 Å². The van der Waals surface area contributed by atoms with Crippen molar-refractivity contribution in [3.63, 3.8) is 0 Å². The Morgan fingerprint density at radius 2 is 1.60 bits per heavy atom. The molecule has 0 atom stereocenters. The number of amides is 2. The molecule has 2 amide bonds. The number of hydrogen-bond donors (Lipinski definition) is 2. The summed E-state index contributed by atoms with van der Waals surface area (Å²) >= 11 is 0. The number of benzene rings is 3. The molecular weight excluding hydrogens is 470 g/mol. The summed E-state index contributed by atoms with van der Waals surface area (Å²) in [6.45, 7) is -0.220. The third-order valence-electron chi connectivity index (χ3n) is 5.08. The van der Waals surface area contributed by atoms with E-state index in [-0.39, 0.29) is 28.6 Å². The van der Waals surface area contributed by atoms with E-state index in [1.807, 2.05) is 30.3 Å². The molecule has 3 rings (SSSR count). The van der Waals surface area contributed by atoms with Gasteiger partial charge in [-0.25, -0.2) is 8.42 Å².